The predicted octanol–water partition coefficient (Wildman–Crippen LogP) is 3.29. The van der Waals surface area contributed by atoms with E-state index in [2.05, 4.69) is 16.0 Å². The lowest BCUT2D eigenvalue weighted by Gasteiger charge is -2.29. The molecule has 1 aromatic heterocycles. The standard InChI is InChI=1S/C17H22N4/c18-17(19)14-12-20-15-9-5-4-8-13(15)16(14)21-10-6-2-1-3-7-11-21/h4-5,8-9,12H,1-3,6-7,10-11H2,(H3,18,19). The third kappa shape index (κ3) is 2.84. The molecule has 4 heteroatoms. The second-order valence-corrected chi connectivity index (χ2v) is 5.71. The number of nitrogens with one attached hydrogen (secondary N) is 1. The molecule has 0 atom stereocenters. The fraction of sp³-hybridized carbons (Fsp3) is 0.412. The second-order valence-electron chi connectivity index (χ2n) is 5.71. The van der Waals surface area contributed by atoms with Gasteiger partial charge in [-0.05, 0) is 18.9 Å². The van der Waals surface area contributed by atoms with Crippen molar-refractivity contribution in [3.63, 3.8) is 0 Å². The maximum atomic E-state index is 7.88. The van der Waals surface area contributed by atoms with Crippen LogP contribution in [0.5, 0.6) is 0 Å². The summed E-state index contributed by atoms with van der Waals surface area (Å²) in [4.78, 5) is 6.86. The smallest absolute Gasteiger partial charge is 0.126 e. The van der Waals surface area contributed by atoms with E-state index in [1.807, 2.05) is 18.2 Å². The summed E-state index contributed by atoms with van der Waals surface area (Å²) in [6.45, 7) is 2.07. The molecule has 4 nitrogen and oxygen atoms in total. The van der Waals surface area contributed by atoms with Gasteiger partial charge in [0.05, 0.1) is 16.8 Å². The molecule has 0 amide bonds. The number of benzene rings is 1. The van der Waals surface area contributed by atoms with Gasteiger partial charge in [-0.1, -0.05) is 37.5 Å². The molecule has 1 aliphatic heterocycles. The van der Waals surface area contributed by atoms with Gasteiger partial charge in [-0.15, -0.1) is 0 Å². The number of para-hydroxylation sites is 1. The van der Waals surface area contributed by atoms with Gasteiger partial charge in [0.2, 0.25) is 0 Å². The number of amidine groups is 1. The van der Waals surface area contributed by atoms with Crippen molar-refractivity contribution in [3.05, 3.63) is 36.0 Å². The SMILES string of the molecule is N=C(N)c1cnc2ccccc2c1N1CCCCCCC1. The van der Waals surface area contributed by atoms with E-state index in [9.17, 15) is 0 Å². The van der Waals surface area contributed by atoms with Crippen LogP contribution in [-0.2, 0) is 0 Å². The normalized spacial score (nSPS) is 16.5. The Bertz CT molecular complexity index is 642. The number of nitrogen functional groups attached to an aromatic ring is 1. The average molecular weight is 282 g/mol. The maximum absolute atomic E-state index is 7.88. The van der Waals surface area contributed by atoms with E-state index in [-0.39, 0.29) is 5.84 Å². The first kappa shape index (κ1) is 13.9. The Balaban J connectivity index is 2.12. The van der Waals surface area contributed by atoms with E-state index in [0.29, 0.717) is 0 Å². The van der Waals surface area contributed by atoms with Crippen LogP contribution in [0.3, 0.4) is 0 Å². The minimum atomic E-state index is 0.102. The maximum Gasteiger partial charge on any atom is 0.126 e. The van der Waals surface area contributed by atoms with Gasteiger partial charge in [0.15, 0.2) is 0 Å². The highest BCUT2D eigenvalue weighted by Crippen LogP contribution is 2.30. The van der Waals surface area contributed by atoms with Crippen molar-refractivity contribution in [3.8, 4) is 0 Å². The van der Waals surface area contributed by atoms with Crippen molar-refractivity contribution >= 4 is 22.4 Å². The number of rotatable bonds is 2. The molecule has 0 bridgehead atoms. The third-order valence-corrected chi connectivity index (χ3v) is 4.21. The van der Waals surface area contributed by atoms with Crippen molar-refractivity contribution in [1.29, 1.82) is 5.41 Å². The van der Waals surface area contributed by atoms with Gasteiger partial charge in [0.25, 0.3) is 0 Å². The van der Waals surface area contributed by atoms with Gasteiger partial charge in [-0.3, -0.25) is 10.4 Å². The highest BCUT2D eigenvalue weighted by Gasteiger charge is 2.18. The Hall–Kier alpha value is -2.10. The summed E-state index contributed by atoms with van der Waals surface area (Å²) in [6, 6.07) is 8.14. The molecule has 0 radical (unpaired) electrons. The van der Waals surface area contributed by atoms with Crippen LogP contribution >= 0.6 is 0 Å². The molecule has 0 spiro atoms. The van der Waals surface area contributed by atoms with Crippen LogP contribution in [0.2, 0.25) is 0 Å². The van der Waals surface area contributed by atoms with E-state index in [1.54, 1.807) is 6.20 Å². The number of fused-ring (bicyclic) bond motifs is 1. The molecule has 1 fully saturated rings. The Labute approximate surface area is 125 Å². The van der Waals surface area contributed by atoms with Crippen LogP contribution in [-0.4, -0.2) is 23.9 Å². The number of nitrogens with zero attached hydrogens (tertiary/aromatic N) is 2. The molecule has 3 rings (SSSR count). The quantitative estimate of drug-likeness (QED) is 0.656. The number of hydrogen-bond acceptors (Lipinski definition) is 3. The van der Waals surface area contributed by atoms with Crippen LogP contribution in [0.1, 0.15) is 37.7 Å². The van der Waals surface area contributed by atoms with Gasteiger partial charge in [-0.2, -0.15) is 0 Å². The number of hydrogen-bond donors (Lipinski definition) is 2. The summed E-state index contributed by atoms with van der Waals surface area (Å²) in [7, 11) is 0. The molecule has 1 saturated heterocycles. The predicted molar refractivity (Wildman–Crippen MR) is 88.1 cm³/mol. The average Bonchev–Trinajstić information content (AvgIpc) is 2.46. The monoisotopic (exact) mass is 282 g/mol. The molecule has 110 valence electrons. The zero-order chi connectivity index (χ0) is 14.7. The van der Waals surface area contributed by atoms with Gasteiger partial charge in [-0.25, -0.2) is 0 Å². The molecule has 1 aromatic carbocycles. The molecule has 3 N–H and O–H groups in total. The first-order valence-electron chi connectivity index (χ1n) is 7.74. The van der Waals surface area contributed by atoms with Gasteiger partial charge in [0.1, 0.15) is 5.84 Å². The molecule has 0 aliphatic carbocycles. The van der Waals surface area contributed by atoms with E-state index in [4.69, 9.17) is 11.1 Å². The zero-order valence-corrected chi connectivity index (χ0v) is 12.3. The third-order valence-electron chi connectivity index (χ3n) is 4.21. The van der Waals surface area contributed by atoms with E-state index in [1.165, 1.54) is 32.1 Å². The molecule has 2 heterocycles. The van der Waals surface area contributed by atoms with Crippen LogP contribution in [0.15, 0.2) is 30.5 Å². The highest BCUT2D eigenvalue weighted by atomic mass is 15.1. The Kier molecular flexibility index (Phi) is 4.04. The fourth-order valence-corrected chi connectivity index (χ4v) is 3.14. The lowest BCUT2D eigenvalue weighted by Crippen LogP contribution is -2.30. The van der Waals surface area contributed by atoms with Crippen LogP contribution in [0.25, 0.3) is 10.9 Å². The molecular weight excluding hydrogens is 260 g/mol. The first-order valence-corrected chi connectivity index (χ1v) is 7.74. The minimum absolute atomic E-state index is 0.102. The molecule has 0 unspecified atom stereocenters. The fourth-order valence-electron chi connectivity index (χ4n) is 3.14. The van der Waals surface area contributed by atoms with Crippen LogP contribution in [0.4, 0.5) is 5.69 Å². The molecule has 1 aliphatic rings. The molecular formula is C17H22N4. The topological polar surface area (TPSA) is 66.0 Å². The van der Waals surface area contributed by atoms with E-state index >= 15 is 0 Å². The van der Waals surface area contributed by atoms with Gasteiger partial charge >= 0.3 is 0 Å². The van der Waals surface area contributed by atoms with Crippen molar-refractivity contribution < 1.29 is 0 Å². The van der Waals surface area contributed by atoms with Crippen molar-refractivity contribution in [1.82, 2.24) is 4.98 Å². The lowest BCUT2D eigenvalue weighted by molar-refractivity contribution is 0.557. The molecule has 21 heavy (non-hydrogen) atoms. The van der Waals surface area contributed by atoms with E-state index < -0.39 is 0 Å². The summed E-state index contributed by atoms with van der Waals surface area (Å²) >= 11 is 0. The lowest BCUT2D eigenvalue weighted by atomic mass is 10.0. The Morgan fingerprint density at radius 1 is 1.05 bits per heavy atom. The number of pyridine rings is 1. The van der Waals surface area contributed by atoms with Gasteiger partial charge < -0.3 is 10.6 Å². The summed E-state index contributed by atoms with van der Waals surface area (Å²) in [5, 5.41) is 8.98. The highest BCUT2D eigenvalue weighted by molar-refractivity contribution is 6.07. The van der Waals surface area contributed by atoms with Crippen molar-refractivity contribution in [2.24, 2.45) is 5.73 Å². The molecule has 2 aromatic rings. The Morgan fingerprint density at radius 3 is 2.43 bits per heavy atom. The Morgan fingerprint density at radius 2 is 1.71 bits per heavy atom. The number of anilines is 1. The number of aromatic nitrogens is 1. The second kappa shape index (κ2) is 6.12. The summed E-state index contributed by atoms with van der Waals surface area (Å²) in [5.41, 5.74) is 8.62. The zero-order valence-electron chi connectivity index (χ0n) is 12.3. The molecule has 0 saturated carbocycles. The van der Waals surface area contributed by atoms with Crippen LogP contribution in [0, 0.1) is 5.41 Å². The van der Waals surface area contributed by atoms with Crippen molar-refractivity contribution in [2.75, 3.05) is 18.0 Å². The summed E-state index contributed by atoms with van der Waals surface area (Å²) in [6.07, 6.45) is 8.06. The summed E-state index contributed by atoms with van der Waals surface area (Å²) < 4.78 is 0. The minimum Gasteiger partial charge on any atom is -0.384 e. The van der Waals surface area contributed by atoms with Gasteiger partial charge in [0, 0.05) is 24.7 Å². The largest absolute Gasteiger partial charge is 0.384 e. The first-order chi connectivity index (χ1) is 10.3. The van der Waals surface area contributed by atoms with Crippen molar-refractivity contribution in [2.45, 2.75) is 32.1 Å². The van der Waals surface area contributed by atoms with E-state index in [0.717, 1.165) is 35.2 Å². The van der Waals surface area contributed by atoms with Crippen LogP contribution < -0.4 is 10.6 Å². The number of nitrogens with two attached hydrogens (primary N) is 1. The summed E-state index contributed by atoms with van der Waals surface area (Å²) in [5.74, 6) is 0.102.